The summed E-state index contributed by atoms with van der Waals surface area (Å²) in [5, 5.41) is 13.3. The number of nitro benzene ring substituents is 1. The molecule has 0 radical (unpaired) electrons. The lowest BCUT2D eigenvalue weighted by atomic mass is 10.1. The number of non-ortho nitro benzene ring substituents is 1. The number of hydrogen-bond acceptors (Lipinski definition) is 7. The van der Waals surface area contributed by atoms with Gasteiger partial charge in [-0.2, -0.15) is 0 Å². The Morgan fingerprint density at radius 1 is 1.19 bits per heavy atom. The highest BCUT2D eigenvalue weighted by Crippen LogP contribution is 2.29. The van der Waals surface area contributed by atoms with Crippen LogP contribution in [0.1, 0.15) is 20.7 Å². The maximum Gasteiger partial charge on any atom is 0.338 e. The van der Waals surface area contributed by atoms with Crippen LogP contribution in [0, 0.1) is 21.7 Å². The fourth-order valence-electron chi connectivity index (χ4n) is 2.26. The highest BCUT2D eigenvalue weighted by Gasteiger charge is 2.20. The number of ether oxygens (including phenoxy) is 1. The number of hydrogen-bond donors (Lipinski definition) is 1. The fourth-order valence-corrected chi connectivity index (χ4v) is 3.16. The van der Waals surface area contributed by atoms with Crippen molar-refractivity contribution in [2.24, 2.45) is 0 Å². The number of thiazole rings is 1. The summed E-state index contributed by atoms with van der Waals surface area (Å²) in [5.41, 5.74) is -0.990. The first-order chi connectivity index (χ1) is 12.8. The van der Waals surface area contributed by atoms with Crippen LogP contribution in [0.5, 0.6) is 0 Å². The maximum absolute atomic E-state index is 13.7. The average molecular weight is 393 g/mol. The molecule has 0 atom stereocenters. The van der Waals surface area contributed by atoms with Gasteiger partial charge in [-0.15, -0.1) is 0 Å². The molecule has 3 rings (SSSR count). The third-order valence-corrected chi connectivity index (χ3v) is 4.36. The summed E-state index contributed by atoms with van der Waals surface area (Å²) in [5.74, 6) is -3.35. The number of amides is 1. The minimum atomic E-state index is -0.884. The summed E-state index contributed by atoms with van der Waals surface area (Å²) in [6.07, 6.45) is 0. The maximum atomic E-state index is 13.7. The molecule has 1 amide bonds. The molecule has 1 aromatic heterocycles. The molecule has 0 saturated heterocycles. The first kappa shape index (κ1) is 18.3. The number of benzene rings is 2. The van der Waals surface area contributed by atoms with Gasteiger partial charge in [0.05, 0.1) is 22.3 Å². The van der Waals surface area contributed by atoms with Crippen LogP contribution in [0.3, 0.4) is 0 Å². The van der Waals surface area contributed by atoms with Crippen molar-refractivity contribution in [2.45, 2.75) is 0 Å². The number of fused-ring (bicyclic) bond motifs is 1. The minimum Gasteiger partial charge on any atom is -0.465 e. The molecule has 27 heavy (non-hydrogen) atoms. The molecule has 11 heteroatoms. The van der Waals surface area contributed by atoms with Crippen molar-refractivity contribution in [2.75, 3.05) is 12.4 Å². The molecule has 3 aromatic rings. The summed E-state index contributed by atoms with van der Waals surface area (Å²) in [7, 11) is 1.09. The standard InChI is InChI=1S/C16H9F2N3O5S/c1-26-15(23)8-2-7(3-10(4-8)21(24)25)14(22)20-16-19-13-11(18)5-9(17)6-12(13)27-16/h2-6H,1H3,(H,19,20,22). The van der Waals surface area contributed by atoms with E-state index in [4.69, 9.17) is 0 Å². The van der Waals surface area contributed by atoms with E-state index in [1.807, 2.05) is 0 Å². The van der Waals surface area contributed by atoms with Gasteiger partial charge in [0, 0.05) is 23.8 Å². The zero-order chi connectivity index (χ0) is 19.7. The number of halogens is 2. The van der Waals surface area contributed by atoms with Gasteiger partial charge >= 0.3 is 5.97 Å². The quantitative estimate of drug-likeness (QED) is 0.412. The van der Waals surface area contributed by atoms with Gasteiger partial charge in [-0.1, -0.05) is 11.3 Å². The number of anilines is 1. The Hall–Kier alpha value is -3.47. The Balaban J connectivity index is 1.96. The van der Waals surface area contributed by atoms with Crippen LogP contribution in [0.4, 0.5) is 19.6 Å². The second kappa shape index (κ2) is 7.03. The molecule has 0 aliphatic heterocycles. The number of nitro groups is 1. The predicted molar refractivity (Wildman–Crippen MR) is 91.9 cm³/mol. The van der Waals surface area contributed by atoms with Gasteiger partial charge in [0.15, 0.2) is 10.9 Å². The summed E-state index contributed by atoms with van der Waals surface area (Å²) < 4.78 is 31.6. The first-order valence-electron chi connectivity index (χ1n) is 7.23. The van der Waals surface area contributed by atoms with E-state index in [1.54, 1.807) is 0 Å². The molecule has 0 unspecified atom stereocenters. The number of methoxy groups -OCH3 is 1. The molecule has 2 aromatic carbocycles. The lowest BCUT2D eigenvalue weighted by molar-refractivity contribution is -0.384. The van der Waals surface area contributed by atoms with Crippen molar-refractivity contribution in [1.29, 1.82) is 0 Å². The monoisotopic (exact) mass is 393 g/mol. The smallest absolute Gasteiger partial charge is 0.338 e. The van der Waals surface area contributed by atoms with Crippen molar-refractivity contribution in [3.8, 4) is 0 Å². The number of nitrogens with zero attached hydrogens (tertiary/aromatic N) is 2. The second-order valence-electron chi connectivity index (χ2n) is 5.22. The third kappa shape index (κ3) is 3.72. The third-order valence-electron chi connectivity index (χ3n) is 3.45. The van der Waals surface area contributed by atoms with Gasteiger partial charge in [0.1, 0.15) is 11.3 Å². The Kier molecular flexibility index (Phi) is 4.77. The summed E-state index contributed by atoms with van der Waals surface area (Å²) in [4.78, 5) is 38.2. The SMILES string of the molecule is COC(=O)c1cc(C(=O)Nc2nc3c(F)cc(F)cc3s2)cc([N+](=O)[O-])c1. The van der Waals surface area contributed by atoms with Gasteiger partial charge in [-0.3, -0.25) is 20.2 Å². The van der Waals surface area contributed by atoms with Crippen LogP contribution in [-0.4, -0.2) is 28.9 Å². The summed E-state index contributed by atoms with van der Waals surface area (Å²) in [6.45, 7) is 0. The first-order valence-corrected chi connectivity index (χ1v) is 8.05. The van der Waals surface area contributed by atoms with Gasteiger partial charge in [0.25, 0.3) is 11.6 Å². The van der Waals surface area contributed by atoms with Gasteiger partial charge in [0.2, 0.25) is 0 Å². The molecule has 0 saturated carbocycles. The van der Waals surface area contributed by atoms with Crippen LogP contribution in [0.15, 0.2) is 30.3 Å². The Morgan fingerprint density at radius 3 is 2.56 bits per heavy atom. The normalized spacial score (nSPS) is 10.6. The predicted octanol–water partition coefficient (Wildman–Crippen LogP) is 3.52. The summed E-state index contributed by atoms with van der Waals surface area (Å²) in [6, 6.07) is 4.78. The summed E-state index contributed by atoms with van der Waals surface area (Å²) >= 11 is 0.826. The largest absolute Gasteiger partial charge is 0.465 e. The van der Waals surface area contributed by atoms with Crippen molar-refractivity contribution in [3.63, 3.8) is 0 Å². The Bertz CT molecular complexity index is 1100. The van der Waals surface area contributed by atoms with Crippen molar-refractivity contribution in [3.05, 3.63) is 63.2 Å². The van der Waals surface area contributed by atoms with Crippen LogP contribution >= 0.6 is 11.3 Å². The van der Waals surface area contributed by atoms with E-state index in [1.165, 1.54) is 0 Å². The number of carbonyl (C=O) groups is 2. The highest BCUT2D eigenvalue weighted by molar-refractivity contribution is 7.22. The van der Waals surface area contributed by atoms with Crippen LogP contribution in [0.25, 0.3) is 10.2 Å². The number of nitrogens with one attached hydrogen (secondary N) is 1. The van der Waals surface area contributed by atoms with Crippen molar-refractivity contribution >= 4 is 44.2 Å². The molecule has 138 valence electrons. The molecule has 0 aliphatic rings. The highest BCUT2D eigenvalue weighted by atomic mass is 32.1. The van der Waals surface area contributed by atoms with Crippen LogP contribution in [0.2, 0.25) is 0 Å². The Labute approximate surface area is 153 Å². The molecule has 0 fully saturated rings. The number of esters is 1. The topological polar surface area (TPSA) is 111 Å². The minimum absolute atomic E-state index is 0.0365. The number of carbonyl (C=O) groups excluding carboxylic acids is 2. The molecule has 0 bridgehead atoms. The van der Waals surface area contributed by atoms with Crippen molar-refractivity contribution in [1.82, 2.24) is 4.98 Å². The zero-order valence-corrected chi connectivity index (χ0v) is 14.3. The van der Waals surface area contributed by atoms with E-state index in [0.717, 1.165) is 42.7 Å². The van der Waals surface area contributed by atoms with E-state index in [0.29, 0.717) is 6.07 Å². The van der Waals surface area contributed by atoms with Gasteiger partial charge in [-0.05, 0) is 12.1 Å². The van der Waals surface area contributed by atoms with Crippen molar-refractivity contribution < 1.29 is 28.0 Å². The molecule has 1 N–H and O–H groups in total. The second-order valence-corrected chi connectivity index (χ2v) is 6.26. The molecule has 0 aliphatic carbocycles. The van der Waals surface area contributed by atoms with Crippen LogP contribution in [-0.2, 0) is 4.74 Å². The Morgan fingerprint density at radius 2 is 1.89 bits per heavy atom. The molecule has 0 spiro atoms. The van der Waals surface area contributed by atoms with Gasteiger partial charge in [-0.25, -0.2) is 18.6 Å². The zero-order valence-electron chi connectivity index (χ0n) is 13.5. The molecule has 8 nitrogen and oxygen atoms in total. The molecular formula is C16H9F2N3O5S. The van der Waals surface area contributed by atoms with E-state index in [-0.39, 0.29) is 26.5 Å². The molecule has 1 heterocycles. The van der Waals surface area contributed by atoms with E-state index < -0.39 is 34.1 Å². The van der Waals surface area contributed by atoms with E-state index in [2.05, 4.69) is 15.0 Å². The average Bonchev–Trinajstić information content (AvgIpc) is 3.03. The van der Waals surface area contributed by atoms with E-state index >= 15 is 0 Å². The van der Waals surface area contributed by atoms with E-state index in [9.17, 15) is 28.5 Å². The van der Waals surface area contributed by atoms with Gasteiger partial charge < -0.3 is 4.74 Å². The lowest BCUT2D eigenvalue weighted by Gasteiger charge is -2.05. The number of aromatic nitrogens is 1. The molecular weight excluding hydrogens is 384 g/mol. The van der Waals surface area contributed by atoms with Crippen LogP contribution < -0.4 is 5.32 Å². The number of rotatable bonds is 4. The fraction of sp³-hybridized carbons (Fsp3) is 0.0625. The lowest BCUT2D eigenvalue weighted by Crippen LogP contribution is -2.13.